The molecule has 3 nitrogen and oxygen atoms in total. The van der Waals surface area contributed by atoms with Gasteiger partial charge in [0.2, 0.25) is 0 Å². The minimum absolute atomic E-state index is 0.00518. The molecule has 4 atom stereocenters. The third-order valence-electron chi connectivity index (χ3n) is 3.72. The normalized spacial score (nSPS) is 38.3. The second-order valence-electron chi connectivity index (χ2n) is 4.59. The predicted molar refractivity (Wildman–Crippen MR) is 56.4 cm³/mol. The molecule has 15 heavy (non-hydrogen) atoms. The van der Waals surface area contributed by atoms with Crippen LogP contribution < -0.4 is 0 Å². The van der Waals surface area contributed by atoms with Gasteiger partial charge in [-0.25, -0.2) is 0 Å². The van der Waals surface area contributed by atoms with E-state index in [0.717, 1.165) is 25.9 Å². The highest BCUT2D eigenvalue weighted by Gasteiger charge is 2.50. The van der Waals surface area contributed by atoms with Gasteiger partial charge in [0, 0.05) is 6.61 Å². The molecule has 2 saturated carbocycles. The zero-order chi connectivity index (χ0) is 10.8. The van der Waals surface area contributed by atoms with Crippen molar-refractivity contribution in [3.63, 3.8) is 0 Å². The highest BCUT2D eigenvalue weighted by atomic mass is 16.5. The maximum absolute atomic E-state index is 11.7. The average Bonchev–Trinajstić information content (AvgIpc) is 2.77. The van der Waals surface area contributed by atoms with Crippen LogP contribution in [-0.2, 0) is 14.3 Å². The molecule has 0 N–H and O–H groups in total. The van der Waals surface area contributed by atoms with Crippen molar-refractivity contribution in [3.05, 3.63) is 0 Å². The monoisotopic (exact) mass is 212 g/mol. The summed E-state index contributed by atoms with van der Waals surface area (Å²) in [5.41, 5.74) is 0. The minimum Gasteiger partial charge on any atom is -0.466 e. The van der Waals surface area contributed by atoms with Crippen molar-refractivity contribution >= 4 is 5.97 Å². The lowest BCUT2D eigenvalue weighted by Crippen LogP contribution is -2.33. The molecule has 0 heterocycles. The van der Waals surface area contributed by atoms with Crippen LogP contribution in [0.2, 0.25) is 0 Å². The van der Waals surface area contributed by atoms with Gasteiger partial charge in [0.05, 0.1) is 18.6 Å². The summed E-state index contributed by atoms with van der Waals surface area (Å²) in [5.74, 6) is 1.23. The van der Waals surface area contributed by atoms with Crippen LogP contribution >= 0.6 is 0 Å². The lowest BCUT2D eigenvalue weighted by molar-refractivity contribution is -0.152. The van der Waals surface area contributed by atoms with Crippen LogP contribution in [-0.4, -0.2) is 25.3 Å². The van der Waals surface area contributed by atoms with Crippen LogP contribution in [0.4, 0.5) is 0 Å². The molecule has 0 aromatic rings. The van der Waals surface area contributed by atoms with Gasteiger partial charge in [0.15, 0.2) is 0 Å². The predicted octanol–water partition coefficient (Wildman–Crippen LogP) is 2.00. The number of hydrogen-bond acceptors (Lipinski definition) is 3. The first-order valence-electron chi connectivity index (χ1n) is 6.04. The van der Waals surface area contributed by atoms with Gasteiger partial charge in [-0.2, -0.15) is 0 Å². The fraction of sp³-hybridized carbons (Fsp3) is 0.917. The van der Waals surface area contributed by atoms with Crippen molar-refractivity contribution in [1.82, 2.24) is 0 Å². The number of carbonyl (C=O) groups is 1. The molecule has 0 aromatic heterocycles. The third kappa shape index (κ3) is 2.03. The molecule has 2 aliphatic rings. The van der Waals surface area contributed by atoms with Crippen molar-refractivity contribution in [1.29, 1.82) is 0 Å². The van der Waals surface area contributed by atoms with Crippen LogP contribution in [0, 0.1) is 17.8 Å². The van der Waals surface area contributed by atoms with Crippen molar-refractivity contribution in [2.24, 2.45) is 17.8 Å². The molecule has 2 bridgehead atoms. The fourth-order valence-corrected chi connectivity index (χ4v) is 3.21. The summed E-state index contributed by atoms with van der Waals surface area (Å²) in [6.07, 6.45) is 3.64. The number of rotatable bonds is 4. The maximum atomic E-state index is 11.7. The molecule has 0 amide bonds. The second kappa shape index (κ2) is 4.52. The van der Waals surface area contributed by atoms with E-state index >= 15 is 0 Å². The molecule has 2 rings (SSSR count). The highest BCUT2D eigenvalue weighted by Crippen LogP contribution is 2.50. The summed E-state index contributed by atoms with van der Waals surface area (Å²) in [6, 6.07) is 0. The molecule has 0 unspecified atom stereocenters. The Morgan fingerprint density at radius 3 is 2.60 bits per heavy atom. The van der Waals surface area contributed by atoms with E-state index in [-0.39, 0.29) is 11.9 Å². The Morgan fingerprint density at radius 2 is 2.00 bits per heavy atom. The SMILES string of the molecule is CCOC(=O)[C@H]1C[C@@H]2C[C@H]1[C@H](OCC)C2. The molecule has 86 valence electrons. The molecule has 0 aromatic carbocycles. The number of hydrogen-bond donors (Lipinski definition) is 0. The lowest BCUT2D eigenvalue weighted by Gasteiger charge is -2.27. The number of esters is 1. The fourth-order valence-electron chi connectivity index (χ4n) is 3.21. The highest BCUT2D eigenvalue weighted by molar-refractivity contribution is 5.73. The van der Waals surface area contributed by atoms with Gasteiger partial charge in [-0.3, -0.25) is 4.79 Å². The maximum Gasteiger partial charge on any atom is 0.309 e. The second-order valence-corrected chi connectivity index (χ2v) is 4.59. The molecule has 3 heteroatoms. The molecule has 2 aliphatic carbocycles. The molecule has 0 saturated heterocycles. The number of carbonyl (C=O) groups excluding carboxylic acids is 1. The van der Waals surface area contributed by atoms with Crippen molar-refractivity contribution < 1.29 is 14.3 Å². The zero-order valence-corrected chi connectivity index (χ0v) is 9.57. The van der Waals surface area contributed by atoms with Crippen molar-refractivity contribution in [2.75, 3.05) is 13.2 Å². The average molecular weight is 212 g/mol. The summed E-state index contributed by atoms with van der Waals surface area (Å²) in [6.45, 7) is 5.13. The molecular weight excluding hydrogens is 192 g/mol. The van der Waals surface area contributed by atoms with Gasteiger partial charge in [-0.1, -0.05) is 0 Å². The lowest BCUT2D eigenvalue weighted by atomic mass is 9.86. The molecule has 0 radical (unpaired) electrons. The van der Waals surface area contributed by atoms with E-state index in [1.54, 1.807) is 0 Å². The van der Waals surface area contributed by atoms with Gasteiger partial charge < -0.3 is 9.47 Å². The van der Waals surface area contributed by atoms with Crippen LogP contribution in [0.5, 0.6) is 0 Å². The first-order chi connectivity index (χ1) is 7.26. The summed E-state index contributed by atoms with van der Waals surface area (Å²) < 4.78 is 10.8. The first-order valence-corrected chi connectivity index (χ1v) is 6.04. The Balaban J connectivity index is 1.95. The van der Waals surface area contributed by atoms with Crippen molar-refractivity contribution in [3.8, 4) is 0 Å². The van der Waals surface area contributed by atoms with E-state index in [9.17, 15) is 4.79 Å². The zero-order valence-electron chi connectivity index (χ0n) is 9.57. The van der Waals surface area contributed by atoms with E-state index in [2.05, 4.69) is 0 Å². The third-order valence-corrected chi connectivity index (χ3v) is 3.72. The van der Waals surface area contributed by atoms with Crippen LogP contribution in [0.3, 0.4) is 0 Å². The van der Waals surface area contributed by atoms with Crippen LogP contribution in [0.25, 0.3) is 0 Å². The summed E-state index contributed by atoms with van der Waals surface area (Å²) in [7, 11) is 0. The Bertz CT molecular complexity index is 239. The Kier molecular flexibility index (Phi) is 3.29. The molecule has 0 spiro atoms. The smallest absolute Gasteiger partial charge is 0.309 e. The minimum atomic E-state index is -0.00518. The topological polar surface area (TPSA) is 35.5 Å². The Morgan fingerprint density at radius 1 is 1.20 bits per heavy atom. The standard InChI is InChI=1S/C12H20O3/c1-3-14-11-7-8-5-9(11)10(6-8)12(13)15-4-2/h8-11H,3-7H2,1-2H3/t8-,9+,10-,11+/m0/s1. The Hall–Kier alpha value is -0.570. The van der Waals surface area contributed by atoms with E-state index < -0.39 is 0 Å². The van der Waals surface area contributed by atoms with Crippen LogP contribution in [0.1, 0.15) is 33.1 Å². The quantitative estimate of drug-likeness (QED) is 0.669. The Labute approximate surface area is 91.1 Å². The van der Waals surface area contributed by atoms with E-state index in [0.29, 0.717) is 24.5 Å². The summed E-state index contributed by atoms with van der Waals surface area (Å²) in [5, 5.41) is 0. The van der Waals surface area contributed by atoms with Crippen molar-refractivity contribution in [2.45, 2.75) is 39.2 Å². The molecule has 0 aliphatic heterocycles. The molecule has 2 fully saturated rings. The van der Waals surface area contributed by atoms with E-state index in [4.69, 9.17) is 9.47 Å². The number of fused-ring (bicyclic) bond motifs is 2. The van der Waals surface area contributed by atoms with Gasteiger partial charge in [-0.15, -0.1) is 0 Å². The van der Waals surface area contributed by atoms with E-state index in [1.807, 2.05) is 13.8 Å². The first kappa shape index (κ1) is 10.9. The summed E-state index contributed by atoms with van der Waals surface area (Å²) >= 11 is 0. The summed E-state index contributed by atoms with van der Waals surface area (Å²) in [4.78, 5) is 11.7. The van der Waals surface area contributed by atoms with E-state index in [1.165, 1.54) is 0 Å². The van der Waals surface area contributed by atoms with Gasteiger partial charge in [0.1, 0.15) is 0 Å². The van der Waals surface area contributed by atoms with Crippen LogP contribution in [0.15, 0.2) is 0 Å². The largest absolute Gasteiger partial charge is 0.466 e. The van der Waals surface area contributed by atoms with Gasteiger partial charge in [-0.05, 0) is 44.9 Å². The van der Waals surface area contributed by atoms with Gasteiger partial charge in [0.25, 0.3) is 0 Å². The molecular formula is C12H20O3. The number of ether oxygens (including phenoxy) is 2. The van der Waals surface area contributed by atoms with Gasteiger partial charge >= 0.3 is 5.97 Å².